The molecule has 1 saturated carbocycles. The largest absolute Gasteiger partial charge is 0.370 e. The van der Waals surface area contributed by atoms with Crippen molar-refractivity contribution in [1.29, 1.82) is 0 Å². The molecule has 1 aromatic heterocycles. The molecule has 1 aliphatic carbocycles. The first-order chi connectivity index (χ1) is 11.2. The zero-order valence-electron chi connectivity index (χ0n) is 14.5. The van der Waals surface area contributed by atoms with Crippen molar-refractivity contribution in [3.63, 3.8) is 0 Å². The summed E-state index contributed by atoms with van der Waals surface area (Å²) in [6.07, 6.45) is 9.43. The van der Waals surface area contributed by atoms with Gasteiger partial charge in [0.05, 0.1) is 6.54 Å². The van der Waals surface area contributed by atoms with Gasteiger partial charge < -0.3 is 16.0 Å². The average Bonchev–Trinajstić information content (AvgIpc) is 2.57. The van der Waals surface area contributed by atoms with Gasteiger partial charge in [-0.25, -0.2) is 0 Å². The molecule has 0 aromatic carbocycles. The molecule has 3 N–H and O–H groups in total. The zero-order chi connectivity index (χ0) is 16.5. The van der Waals surface area contributed by atoms with Gasteiger partial charge in [0.25, 0.3) is 0 Å². The van der Waals surface area contributed by atoms with Crippen LogP contribution in [0.4, 0.5) is 0 Å². The van der Waals surface area contributed by atoms with Gasteiger partial charge in [0.1, 0.15) is 0 Å². The Bertz CT molecular complexity index is 466. The van der Waals surface area contributed by atoms with Crippen LogP contribution in [0.25, 0.3) is 0 Å². The fraction of sp³-hybridized carbons (Fsp3) is 0.667. The predicted octanol–water partition coefficient (Wildman–Crippen LogP) is 2.04. The van der Waals surface area contributed by atoms with E-state index < -0.39 is 0 Å². The maximum absolute atomic E-state index is 6.02. The number of nitrogens with zero attached hydrogens (tertiary/aromatic N) is 3. The molecule has 1 atom stereocenters. The minimum absolute atomic E-state index is 0.492. The molecule has 1 unspecified atom stereocenters. The molecule has 2 rings (SSSR count). The van der Waals surface area contributed by atoms with E-state index in [1.165, 1.54) is 32.1 Å². The third-order valence-electron chi connectivity index (χ3n) is 4.72. The number of rotatable bonds is 7. The molecule has 1 aromatic rings. The van der Waals surface area contributed by atoms with E-state index in [-0.39, 0.29) is 0 Å². The average molecular weight is 317 g/mol. The number of aliphatic imine (C=N–C) groups is 1. The Labute approximate surface area is 140 Å². The normalized spacial score (nSPS) is 18.1. The maximum Gasteiger partial charge on any atom is 0.188 e. The molecule has 0 spiro atoms. The Morgan fingerprint density at radius 2 is 2.13 bits per heavy atom. The highest BCUT2D eigenvalue weighted by atomic mass is 15.1. The van der Waals surface area contributed by atoms with E-state index in [2.05, 4.69) is 34.3 Å². The van der Waals surface area contributed by atoms with Gasteiger partial charge >= 0.3 is 0 Å². The molecule has 1 fully saturated rings. The van der Waals surface area contributed by atoms with Crippen LogP contribution in [0.1, 0.15) is 37.8 Å². The Hall–Kier alpha value is -1.62. The molecular formula is C18H31N5. The molecule has 0 aliphatic heterocycles. The summed E-state index contributed by atoms with van der Waals surface area (Å²) < 4.78 is 0. The Morgan fingerprint density at radius 3 is 2.78 bits per heavy atom. The minimum atomic E-state index is 0.492. The molecule has 0 amide bonds. The van der Waals surface area contributed by atoms with Crippen molar-refractivity contribution in [3.8, 4) is 0 Å². The number of nitrogens with two attached hydrogens (primary N) is 1. The first-order valence-corrected chi connectivity index (χ1v) is 8.77. The summed E-state index contributed by atoms with van der Waals surface area (Å²) in [6, 6.07) is 6.46. The third-order valence-corrected chi connectivity index (χ3v) is 4.72. The van der Waals surface area contributed by atoms with Gasteiger partial charge in [-0.15, -0.1) is 0 Å². The summed E-state index contributed by atoms with van der Waals surface area (Å²) in [5.74, 6) is 1.30. The van der Waals surface area contributed by atoms with Crippen LogP contribution in [-0.2, 0) is 6.42 Å². The van der Waals surface area contributed by atoms with Crippen molar-refractivity contribution in [2.24, 2.45) is 16.6 Å². The fourth-order valence-corrected chi connectivity index (χ4v) is 3.37. The van der Waals surface area contributed by atoms with Gasteiger partial charge in [0, 0.05) is 30.9 Å². The van der Waals surface area contributed by atoms with Crippen molar-refractivity contribution >= 4 is 5.96 Å². The highest BCUT2D eigenvalue weighted by Gasteiger charge is 2.24. The predicted molar refractivity (Wildman–Crippen MR) is 96.5 cm³/mol. The Balaban J connectivity index is 1.77. The lowest BCUT2D eigenvalue weighted by Crippen LogP contribution is -2.40. The van der Waals surface area contributed by atoms with Crippen molar-refractivity contribution in [2.75, 3.05) is 27.2 Å². The third kappa shape index (κ3) is 6.18. The maximum atomic E-state index is 6.02. The molecule has 23 heavy (non-hydrogen) atoms. The molecule has 0 radical (unpaired) electrons. The van der Waals surface area contributed by atoms with Crippen LogP contribution in [0.3, 0.4) is 0 Å². The van der Waals surface area contributed by atoms with Gasteiger partial charge in [-0.1, -0.05) is 25.3 Å². The summed E-state index contributed by atoms with van der Waals surface area (Å²) in [5, 5.41) is 3.20. The van der Waals surface area contributed by atoms with Crippen LogP contribution in [0.2, 0.25) is 0 Å². The van der Waals surface area contributed by atoms with Crippen LogP contribution >= 0.6 is 0 Å². The summed E-state index contributed by atoms with van der Waals surface area (Å²) in [7, 11) is 4.30. The van der Waals surface area contributed by atoms with Gasteiger partial charge in [-0.05, 0) is 45.0 Å². The second-order valence-electron chi connectivity index (χ2n) is 6.65. The van der Waals surface area contributed by atoms with Crippen molar-refractivity contribution in [1.82, 2.24) is 15.2 Å². The van der Waals surface area contributed by atoms with Crippen LogP contribution in [0, 0.1) is 5.92 Å². The van der Waals surface area contributed by atoms with E-state index in [1.54, 1.807) is 0 Å². The topological polar surface area (TPSA) is 66.5 Å². The van der Waals surface area contributed by atoms with E-state index in [9.17, 15) is 0 Å². The second kappa shape index (κ2) is 9.50. The van der Waals surface area contributed by atoms with Gasteiger partial charge in [-0.2, -0.15) is 0 Å². The molecule has 1 aliphatic rings. The summed E-state index contributed by atoms with van der Waals surface area (Å²) in [6.45, 7) is 1.54. The highest BCUT2D eigenvalue weighted by molar-refractivity contribution is 5.77. The van der Waals surface area contributed by atoms with E-state index in [0.29, 0.717) is 12.0 Å². The fourth-order valence-electron chi connectivity index (χ4n) is 3.37. The Morgan fingerprint density at radius 1 is 1.35 bits per heavy atom. The summed E-state index contributed by atoms with van der Waals surface area (Å²) >= 11 is 0. The standard InChI is InChI=1S/C18H31N5/c1-23(2)17(15-8-4-3-5-9-15)14-22-18(19)21-13-11-16-10-6-7-12-20-16/h6-7,10,12,15,17H,3-5,8-9,11,13-14H2,1-2H3,(H3,19,21,22). The van der Waals surface area contributed by atoms with Crippen molar-refractivity contribution in [2.45, 2.75) is 44.6 Å². The number of nitrogens with one attached hydrogen (secondary N) is 1. The van der Waals surface area contributed by atoms with Crippen LogP contribution < -0.4 is 11.1 Å². The SMILES string of the molecule is CN(C)C(CN=C(N)NCCc1ccccn1)C1CCCCC1. The highest BCUT2D eigenvalue weighted by Crippen LogP contribution is 2.28. The van der Waals surface area contributed by atoms with Crippen molar-refractivity contribution in [3.05, 3.63) is 30.1 Å². The lowest BCUT2D eigenvalue weighted by atomic mass is 9.83. The van der Waals surface area contributed by atoms with E-state index in [0.717, 1.165) is 31.1 Å². The van der Waals surface area contributed by atoms with Gasteiger partial charge in [0.2, 0.25) is 0 Å². The monoisotopic (exact) mass is 317 g/mol. The number of hydrogen-bond acceptors (Lipinski definition) is 3. The summed E-state index contributed by atoms with van der Waals surface area (Å²) in [4.78, 5) is 11.2. The smallest absolute Gasteiger partial charge is 0.188 e. The van der Waals surface area contributed by atoms with E-state index in [4.69, 9.17) is 5.73 Å². The molecule has 0 bridgehead atoms. The van der Waals surface area contributed by atoms with Gasteiger partial charge in [-0.3, -0.25) is 9.98 Å². The van der Waals surface area contributed by atoms with E-state index in [1.807, 2.05) is 24.4 Å². The first kappa shape index (κ1) is 17.7. The van der Waals surface area contributed by atoms with Crippen LogP contribution in [0.5, 0.6) is 0 Å². The Kier molecular flexibility index (Phi) is 7.33. The van der Waals surface area contributed by atoms with Gasteiger partial charge in [0.15, 0.2) is 5.96 Å². The molecule has 0 saturated heterocycles. The molecular weight excluding hydrogens is 286 g/mol. The summed E-state index contributed by atoms with van der Waals surface area (Å²) in [5.41, 5.74) is 7.09. The molecule has 1 heterocycles. The molecule has 5 heteroatoms. The lowest BCUT2D eigenvalue weighted by molar-refractivity contribution is 0.176. The second-order valence-corrected chi connectivity index (χ2v) is 6.65. The number of guanidine groups is 1. The lowest BCUT2D eigenvalue weighted by Gasteiger charge is -2.33. The number of likely N-dealkylation sites (N-methyl/N-ethyl adjacent to an activating group) is 1. The number of hydrogen-bond donors (Lipinski definition) is 2. The molecule has 128 valence electrons. The van der Waals surface area contributed by atoms with Crippen LogP contribution in [-0.4, -0.2) is 49.1 Å². The van der Waals surface area contributed by atoms with Crippen LogP contribution in [0.15, 0.2) is 29.4 Å². The number of pyridine rings is 1. The molecule has 5 nitrogen and oxygen atoms in total. The van der Waals surface area contributed by atoms with E-state index >= 15 is 0 Å². The number of aromatic nitrogens is 1. The minimum Gasteiger partial charge on any atom is -0.370 e. The quantitative estimate of drug-likeness (QED) is 0.596. The first-order valence-electron chi connectivity index (χ1n) is 8.77. The zero-order valence-corrected chi connectivity index (χ0v) is 14.5. The van der Waals surface area contributed by atoms with Crippen molar-refractivity contribution < 1.29 is 0 Å².